The van der Waals surface area contributed by atoms with Crippen LogP contribution in [0.15, 0.2) is 24.3 Å². The summed E-state index contributed by atoms with van der Waals surface area (Å²) in [4.78, 5) is 0. The van der Waals surface area contributed by atoms with Crippen molar-refractivity contribution in [2.45, 2.75) is 26.4 Å². The highest BCUT2D eigenvalue weighted by Gasteiger charge is 1.91. The standard InChI is InChI=1S/C10H13O/c1-2-3-9-4-6-10(8-11)7-5-9/h4-7H,2-3,8H2,1H3. The topological polar surface area (TPSA) is 19.9 Å². The van der Waals surface area contributed by atoms with Gasteiger partial charge in [0.25, 0.3) is 0 Å². The van der Waals surface area contributed by atoms with Crippen molar-refractivity contribution in [3.05, 3.63) is 35.4 Å². The van der Waals surface area contributed by atoms with Crippen molar-refractivity contribution in [1.29, 1.82) is 0 Å². The minimum absolute atomic E-state index is 0.105. The summed E-state index contributed by atoms with van der Waals surface area (Å²) in [6, 6.07) is 7.91. The van der Waals surface area contributed by atoms with Gasteiger partial charge in [0.2, 0.25) is 0 Å². The summed E-state index contributed by atoms with van der Waals surface area (Å²) in [5, 5.41) is 10.4. The Balaban J connectivity index is 2.66. The van der Waals surface area contributed by atoms with E-state index in [1.807, 2.05) is 24.3 Å². The summed E-state index contributed by atoms with van der Waals surface area (Å²) < 4.78 is 0. The predicted octanol–water partition coefficient (Wildman–Crippen LogP) is 2.57. The molecule has 0 aliphatic heterocycles. The van der Waals surface area contributed by atoms with E-state index in [1.54, 1.807) is 0 Å². The fraction of sp³-hybridized carbons (Fsp3) is 0.400. The van der Waals surface area contributed by atoms with Crippen LogP contribution in [0.4, 0.5) is 0 Å². The Morgan fingerprint density at radius 2 is 1.64 bits per heavy atom. The van der Waals surface area contributed by atoms with Gasteiger partial charge >= 0.3 is 0 Å². The van der Waals surface area contributed by atoms with E-state index in [4.69, 9.17) is 0 Å². The van der Waals surface area contributed by atoms with Crippen LogP contribution in [-0.2, 0) is 18.1 Å². The molecule has 59 valence electrons. The summed E-state index contributed by atoms with van der Waals surface area (Å²) >= 11 is 0. The predicted molar refractivity (Wildman–Crippen MR) is 44.8 cm³/mol. The van der Waals surface area contributed by atoms with Gasteiger partial charge in [-0.15, -0.1) is 0 Å². The van der Waals surface area contributed by atoms with Crippen LogP contribution < -0.4 is 0 Å². The van der Waals surface area contributed by atoms with Crippen LogP contribution in [0.25, 0.3) is 0 Å². The molecule has 0 amide bonds. The molecule has 0 saturated carbocycles. The van der Waals surface area contributed by atoms with Crippen LogP contribution in [0, 0.1) is 0 Å². The van der Waals surface area contributed by atoms with Gasteiger partial charge in [0, 0.05) is 0 Å². The Hall–Kier alpha value is -0.820. The van der Waals surface area contributed by atoms with Crippen LogP contribution >= 0.6 is 0 Å². The van der Waals surface area contributed by atoms with E-state index < -0.39 is 0 Å². The Morgan fingerprint density at radius 1 is 1.09 bits per heavy atom. The van der Waals surface area contributed by atoms with E-state index >= 15 is 0 Å². The molecule has 0 spiro atoms. The molecular formula is C10H13O. The molecule has 0 unspecified atom stereocenters. The monoisotopic (exact) mass is 149 g/mol. The van der Waals surface area contributed by atoms with Gasteiger partial charge in [0.05, 0.1) is 0 Å². The van der Waals surface area contributed by atoms with Gasteiger partial charge in [-0.2, -0.15) is 0 Å². The molecule has 1 rings (SSSR count). The molecule has 0 aliphatic rings. The molecule has 0 N–H and O–H groups in total. The smallest absolute Gasteiger partial charge is 0.107 e. The van der Waals surface area contributed by atoms with Crippen LogP contribution in [0.3, 0.4) is 0 Å². The molecule has 0 bridgehead atoms. The first-order valence-corrected chi connectivity index (χ1v) is 4.02. The Bertz CT molecular complexity index is 201. The number of hydrogen-bond donors (Lipinski definition) is 0. The molecule has 0 heterocycles. The number of hydrogen-bond acceptors (Lipinski definition) is 0. The fourth-order valence-corrected chi connectivity index (χ4v) is 1.09. The zero-order chi connectivity index (χ0) is 8.10. The molecule has 1 heteroatoms. The van der Waals surface area contributed by atoms with Crippen LogP contribution in [0.1, 0.15) is 24.5 Å². The van der Waals surface area contributed by atoms with Gasteiger partial charge in [-0.25, -0.2) is 5.11 Å². The molecule has 0 aliphatic carbocycles. The van der Waals surface area contributed by atoms with Crippen molar-refractivity contribution in [2.24, 2.45) is 0 Å². The first kappa shape index (κ1) is 8.28. The summed E-state index contributed by atoms with van der Waals surface area (Å²) in [5.41, 5.74) is 2.20. The third kappa shape index (κ3) is 2.35. The molecule has 1 aromatic rings. The highest BCUT2D eigenvalue weighted by molar-refractivity contribution is 5.21. The van der Waals surface area contributed by atoms with E-state index in [9.17, 15) is 5.11 Å². The number of benzene rings is 1. The quantitative estimate of drug-likeness (QED) is 0.629. The van der Waals surface area contributed by atoms with E-state index in [0.717, 1.165) is 18.4 Å². The van der Waals surface area contributed by atoms with Crippen molar-refractivity contribution in [3.63, 3.8) is 0 Å². The number of rotatable bonds is 3. The van der Waals surface area contributed by atoms with Crippen LogP contribution in [-0.4, -0.2) is 0 Å². The first-order valence-electron chi connectivity index (χ1n) is 4.02. The Kier molecular flexibility index (Phi) is 3.12. The van der Waals surface area contributed by atoms with Gasteiger partial charge in [0.15, 0.2) is 0 Å². The summed E-state index contributed by atoms with van der Waals surface area (Å²) in [6.45, 7) is 2.05. The molecule has 1 radical (unpaired) electrons. The zero-order valence-electron chi connectivity index (χ0n) is 6.84. The van der Waals surface area contributed by atoms with E-state index in [0.29, 0.717) is 0 Å². The van der Waals surface area contributed by atoms with Gasteiger partial charge in [-0.3, -0.25) is 0 Å². The lowest BCUT2D eigenvalue weighted by molar-refractivity contribution is 0.177. The lowest BCUT2D eigenvalue weighted by atomic mass is 10.1. The third-order valence-electron chi connectivity index (χ3n) is 1.73. The largest absolute Gasteiger partial charge is 0.232 e. The zero-order valence-corrected chi connectivity index (χ0v) is 6.84. The lowest BCUT2D eigenvalue weighted by Crippen LogP contribution is -1.84. The van der Waals surface area contributed by atoms with Gasteiger partial charge < -0.3 is 0 Å². The minimum atomic E-state index is -0.105. The first-order chi connectivity index (χ1) is 5.36. The normalized spacial score (nSPS) is 10.0. The minimum Gasteiger partial charge on any atom is -0.232 e. The third-order valence-corrected chi connectivity index (χ3v) is 1.73. The van der Waals surface area contributed by atoms with E-state index in [-0.39, 0.29) is 6.61 Å². The maximum atomic E-state index is 10.4. The molecular weight excluding hydrogens is 136 g/mol. The maximum Gasteiger partial charge on any atom is 0.107 e. The van der Waals surface area contributed by atoms with Gasteiger partial charge in [0.1, 0.15) is 6.61 Å². The average molecular weight is 149 g/mol. The molecule has 0 fully saturated rings. The van der Waals surface area contributed by atoms with E-state index in [2.05, 4.69) is 6.92 Å². The molecule has 0 atom stereocenters. The van der Waals surface area contributed by atoms with Crippen molar-refractivity contribution in [1.82, 2.24) is 0 Å². The molecule has 0 saturated heterocycles. The second kappa shape index (κ2) is 4.14. The highest BCUT2D eigenvalue weighted by atomic mass is 16.3. The highest BCUT2D eigenvalue weighted by Crippen LogP contribution is 2.06. The molecule has 1 aromatic carbocycles. The van der Waals surface area contributed by atoms with Crippen molar-refractivity contribution >= 4 is 0 Å². The van der Waals surface area contributed by atoms with E-state index in [1.165, 1.54) is 5.56 Å². The molecule has 11 heavy (non-hydrogen) atoms. The van der Waals surface area contributed by atoms with Crippen LogP contribution in [0.5, 0.6) is 0 Å². The van der Waals surface area contributed by atoms with Crippen molar-refractivity contribution in [3.8, 4) is 0 Å². The average Bonchev–Trinajstić information content (AvgIpc) is 2.07. The summed E-state index contributed by atoms with van der Waals surface area (Å²) in [5.74, 6) is 0. The summed E-state index contributed by atoms with van der Waals surface area (Å²) in [7, 11) is 0. The van der Waals surface area contributed by atoms with Crippen LogP contribution in [0.2, 0.25) is 0 Å². The molecule has 1 nitrogen and oxygen atoms in total. The SMILES string of the molecule is CCCc1ccc(C[O])cc1. The second-order valence-corrected chi connectivity index (χ2v) is 2.71. The number of aryl methyl sites for hydroxylation is 1. The fourth-order valence-electron chi connectivity index (χ4n) is 1.09. The van der Waals surface area contributed by atoms with Gasteiger partial charge in [-0.05, 0) is 17.5 Å². The van der Waals surface area contributed by atoms with Crippen molar-refractivity contribution < 1.29 is 5.11 Å². The van der Waals surface area contributed by atoms with Gasteiger partial charge in [-0.1, -0.05) is 37.6 Å². The second-order valence-electron chi connectivity index (χ2n) is 2.71. The Labute approximate surface area is 67.7 Å². The molecule has 0 aromatic heterocycles. The Morgan fingerprint density at radius 3 is 2.09 bits per heavy atom. The summed E-state index contributed by atoms with van der Waals surface area (Å²) in [6.07, 6.45) is 2.27. The van der Waals surface area contributed by atoms with Crippen molar-refractivity contribution in [2.75, 3.05) is 0 Å². The lowest BCUT2D eigenvalue weighted by Gasteiger charge is -1.98. The maximum absolute atomic E-state index is 10.4.